The van der Waals surface area contributed by atoms with Crippen molar-refractivity contribution in [3.63, 3.8) is 0 Å². The van der Waals surface area contributed by atoms with Crippen LogP contribution in [0, 0.1) is 0 Å². The molecule has 0 unspecified atom stereocenters. The first kappa shape index (κ1) is 17.0. The Labute approximate surface area is 124 Å². The van der Waals surface area contributed by atoms with E-state index in [1.165, 1.54) is 11.4 Å². The van der Waals surface area contributed by atoms with Crippen LogP contribution in [0.3, 0.4) is 0 Å². The van der Waals surface area contributed by atoms with Gasteiger partial charge in [0.15, 0.2) is 0 Å². The highest BCUT2D eigenvalue weighted by molar-refractivity contribution is 8.67. The van der Waals surface area contributed by atoms with Crippen LogP contribution in [0.15, 0.2) is 24.3 Å². The molecule has 108 valence electrons. The van der Waals surface area contributed by atoms with Crippen molar-refractivity contribution < 1.29 is 14.2 Å². The molecule has 0 spiro atoms. The van der Waals surface area contributed by atoms with Crippen molar-refractivity contribution in [2.75, 3.05) is 0 Å². The first-order chi connectivity index (χ1) is 8.81. The number of aromatic hydroxyl groups is 1. The summed E-state index contributed by atoms with van der Waals surface area (Å²) in [6, 6.07) is 7.11. The van der Waals surface area contributed by atoms with E-state index < -0.39 is 5.69 Å². The van der Waals surface area contributed by atoms with Gasteiger partial charge in [-0.3, -0.25) is 0 Å². The molecule has 3 nitrogen and oxygen atoms in total. The summed E-state index contributed by atoms with van der Waals surface area (Å²) in [6.07, 6.45) is 0.105. The van der Waals surface area contributed by atoms with Gasteiger partial charge in [-0.25, -0.2) is 0 Å². The molecule has 1 aromatic rings. The average Bonchev–Trinajstić information content (AvgIpc) is 2.26. The smallest absolute Gasteiger partial charge is 0.248 e. The number of phenols is 1. The van der Waals surface area contributed by atoms with Crippen molar-refractivity contribution in [1.29, 1.82) is 0 Å². The Kier molecular flexibility index (Phi) is 6.84. The van der Waals surface area contributed by atoms with E-state index in [4.69, 9.17) is 20.9 Å². The predicted molar refractivity (Wildman–Crippen MR) is 86.1 cm³/mol. The van der Waals surface area contributed by atoms with Gasteiger partial charge in [0.1, 0.15) is 5.75 Å². The van der Waals surface area contributed by atoms with Crippen LogP contribution in [0.25, 0.3) is 0 Å². The molecule has 0 radical (unpaired) electrons. The zero-order valence-electron chi connectivity index (χ0n) is 11.7. The van der Waals surface area contributed by atoms with Crippen LogP contribution in [0.1, 0.15) is 33.3 Å². The maximum Gasteiger partial charge on any atom is 0.248 e. The highest BCUT2D eigenvalue weighted by Gasteiger charge is 2.23. The summed E-state index contributed by atoms with van der Waals surface area (Å²) in [5.41, 5.74) is -1.23. The third kappa shape index (κ3) is 6.77. The van der Waals surface area contributed by atoms with Crippen molar-refractivity contribution in [1.82, 2.24) is 0 Å². The van der Waals surface area contributed by atoms with Crippen molar-refractivity contribution >= 4 is 28.9 Å². The van der Waals surface area contributed by atoms with Crippen LogP contribution < -0.4 is 0 Å². The SMILES string of the molecule is CC(C)OP(=S)(OC(C)C)SCc1ccc(O)cc1. The Morgan fingerprint density at radius 1 is 1.11 bits per heavy atom. The molecule has 0 atom stereocenters. The van der Waals surface area contributed by atoms with Gasteiger partial charge in [-0.15, -0.1) is 0 Å². The first-order valence-electron chi connectivity index (χ1n) is 6.20. The molecule has 1 aromatic carbocycles. The molecule has 0 saturated heterocycles. The third-order valence-electron chi connectivity index (χ3n) is 2.01. The summed E-state index contributed by atoms with van der Waals surface area (Å²) in [4.78, 5) is 0. The van der Waals surface area contributed by atoms with Crippen LogP contribution in [0.2, 0.25) is 0 Å². The minimum Gasteiger partial charge on any atom is -0.508 e. The summed E-state index contributed by atoms with van der Waals surface area (Å²) >= 11 is 7.10. The monoisotopic (exact) mass is 320 g/mol. The van der Waals surface area contributed by atoms with Crippen LogP contribution >= 0.6 is 17.1 Å². The van der Waals surface area contributed by atoms with Gasteiger partial charge in [-0.2, -0.15) is 0 Å². The Bertz CT molecular complexity index is 418. The summed E-state index contributed by atoms with van der Waals surface area (Å²) < 4.78 is 11.6. The predicted octanol–water partition coefficient (Wildman–Crippen LogP) is 4.70. The van der Waals surface area contributed by atoms with Crippen molar-refractivity contribution in [2.24, 2.45) is 0 Å². The van der Waals surface area contributed by atoms with Crippen molar-refractivity contribution in [3.8, 4) is 5.75 Å². The Morgan fingerprint density at radius 2 is 1.58 bits per heavy atom. The van der Waals surface area contributed by atoms with Crippen LogP contribution in [-0.4, -0.2) is 17.3 Å². The second-order valence-corrected chi connectivity index (χ2v) is 10.9. The second kappa shape index (κ2) is 7.65. The van der Waals surface area contributed by atoms with Gasteiger partial charge >= 0.3 is 0 Å². The average molecular weight is 320 g/mol. The molecule has 0 saturated carbocycles. The van der Waals surface area contributed by atoms with Gasteiger partial charge in [-0.05, 0) is 57.2 Å². The van der Waals surface area contributed by atoms with Gasteiger partial charge in [0.25, 0.3) is 0 Å². The lowest BCUT2D eigenvalue weighted by atomic mass is 10.2. The Balaban J connectivity index is 2.67. The largest absolute Gasteiger partial charge is 0.508 e. The molecule has 1 rings (SSSR count). The van der Waals surface area contributed by atoms with E-state index in [0.29, 0.717) is 0 Å². The van der Waals surface area contributed by atoms with E-state index in [1.807, 2.05) is 39.8 Å². The van der Waals surface area contributed by atoms with E-state index in [-0.39, 0.29) is 18.0 Å². The quantitative estimate of drug-likeness (QED) is 0.737. The first-order valence-corrected chi connectivity index (χ1v) is 10.4. The molecule has 0 bridgehead atoms. The second-order valence-electron chi connectivity index (χ2n) is 4.70. The van der Waals surface area contributed by atoms with Gasteiger partial charge in [0, 0.05) is 5.75 Å². The van der Waals surface area contributed by atoms with E-state index in [9.17, 15) is 5.11 Å². The molecule has 0 aliphatic rings. The van der Waals surface area contributed by atoms with E-state index in [0.717, 1.165) is 11.3 Å². The molecule has 0 heterocycles. The summed E-state index contributed by atoms with van der Waals surface area (Å²) in [6.45, 7) is 7.86. The fraction of sp³-hybridized carbons (Fsp3) is 0.538. The van der Waals surface area contributed by atoms with Gasteiger partial charge in [-0.1, -0.05) is 23.5 Å². The number of benzene rings is 1. The van der Waals surface area contributed by atoms with Gasteiger partial charge in [0.05, 0.1) is 12.2 Å². The standard InChI is InChI=1S/C13H21O3PS2/c1-10(2)15-17(18,16-11(3)4)19-9-12-5-7-13(14)8-6-12/h5-8,10-11,14H,9H2,1-4H3. The molecule has 0 aromatic heterocycles. The zero-order chi connectivity index (χ0) is 14.5. The van der Waals surface area contributed by atoms with Gasteiger partial charge in [0.2, 0.25) is 5.69 Å². The topological polar surface area (TPSA) is 38.7 Å². The highest BCUT2D eigenvalue weighted by Crippen LogP contribution is 2.63. The van der Waals surface area contributed by atoms with E-state index in [1.54, 1.807) is 12.1 Å². The molecule has 0 amide bonds. The third-order valence-corrected chi connectivity index (χ3v) is 7.46. The van der Waals surface area contributed by atoms with Crippen molar-refractivity contribution in [3.05, 3.63) is 29.8 Å². The van der Waals surface area contributed by atoms with Crippen LogP contribution in [-0.2, 0) is 26.6 Å². The molecular weight excluding hydrogens is 299 g/mol. The van der Waals surface area contributed by atoms with Crippen molar-refractivity contribution in [2.45, 2.75) is 45.7 Å². The fourth-order valence-electron chi connectivity index (χ4n) is 1.35. The Morgan fingerprint density at radius 3 is 2.00 bits per heavy atom. The maximum absolute atomic E-state index is 9.25. The fourth-order valence-corrected chi connectivity index (χ4v) is 6.88. The Hall–Kier alpha value is -0.0600. The molecule has 0 aliphatic heterocycles. The molecule has 1 N–H and O–H groups in total. The van der Waals surface area contributed by atoms with Gasteiger partial charge < -0.3 is 14.2 Å². The van der Waals surface area contributed by atoms with Crippen LogP contribution in [0.5, 0.6) is 5.75 Å². The number of hydrogen-bond donors (Lipinski definition) is 1. The minimum absolute atomic E-state index is 0.0527. The summed E-state index contributed by atoms with van der Waals surface area (Å²) in [5, 5.41) is 9.25. The summed E-state index contributed by atoms with van der Waals surface area (Å²) in [5.74, 6) is 0.988. The molecule has 0 fully saturated rings. The molecule has 0 aliphatic carbocycles. The lowest BCUT2D eigenvalue weighted by molar-refractivity contribution is 0.186. The highest BCUT2D eigenvalue weighted by atomic mass is 32.9. The number of phenolic OH excluding ortho intramolecular Hbond substituents is 1. The lowest BCUT2D eigenvalue weighted by Gasteiger charge is -2.25. The normalized spacial score (nSPS) is 12.3. The minimum atomic E-state index is -2.32. The summed E-state index contributed by atoms with van der Waals surface area (Å²) in [7, 11) is 0. The molecule has 6 heteroatoms. The molecular formula is C13H21O3PS2. The van der Waals surface area contributed by atoms with E-state index in [2.05, 4.69) is 0 Å². The zero-order valence-corrected chi connectivity index (χ0v) is 14.2. The van der Waals surface area contributed by atoms with Crippen LogP contribution in [0.4, 0.5) is 0 Å². The number of hydrogen-bond acceptors (Lipinski definition) is 5. The molecule has 19 heavy (non-hydrogen) atoms. The lowest BCUT2D eigenvalue weighted by Crippen LogP contribution is -2.05. The van der Waals surface area contributed by atoms with E-state index >= 15 is 0 Å². The number of rotatable bonds is 7. The maximum atomic E-state index is 9.25.